The molecule has 5 nitrogen and oxygen atoms in total. The summed E-state index contributed by atoms with van der Waals surface area (Å²) in [4.78, 5) is 25.8. The molecule has 0 aromatic heterocycles. The maximum atomic E-state index is 12.1. The molecule has 0 saturated carbocycles. The predicted octanol–water partition coefficient (Wildman–Crippen LogP) is 2.26. The summed E-state index contributed by atoms with van der Waals surface area (Å²) < 4.78 is 0. The highest BCUT2D eigenvalue weighted by Gasteiger charge is 2.21. The van der Waals surface area contributed by atoms with Gasteiger partial charge in [0.15, 0.2) is 0 Å². The summed E-state index contributed by atoms with van der Waals surface area (Å²) in [6.45, 7) is 4.99. The quantitative estimate of drug-likeness (QED) is 0.865. The number of aryl methyl sites for hydroxylation is 2. The second-order valence-corrected chi connectivity index (χ2v) is 6.06. The topological polar surface area (TPSA) is 61.4 Å². The molecule has 2 N–H and O–H groups in total. The Hall–Kier alpha value is -1.59. The van der Waals surface area contributed by atoms with Crippen molar-refractivity contribution in [3.63, 3.8) is 0 Å². The molecule has 1 aromatic carbocycles. The van der Waals surface area contributed by atoms with E-state index in [1.807, 2.05) is 32.0 Å². The van der Waals surface area contributed by atoms with Crippen LogP contribution in [0, 0.1) is 13.8 Å². The molecule has 1 heterocycles. The van der Waals surface area contributed by atoms with Gasteiger partial charge >= 0.3 is 0 Å². The molecule has 2 rings (SSSR count). The second-order valence-electron chi connectivity index (χ2n) is 6.06. The van der Waals surface area contributed by atoms with Crippen molar-refractivity contribution in [2.24, 2.45) is 0 Å². The van der Waals surface area contributed by atoms with E-state index in [4.69, 9.17) is 0 Å². The Morgan fingerprint density at radius 3 is 2.52 bits per heavy atom. The average molecular weight is 340 g/mol. The van der Waals surface area contributed by atoms with Crippen LogP contribution in [0.5, 0.6) is 0 Å². The summed E-state index contributed by atoms with van der Waals surface area (Å²) >= 11 is 0. The Bertz CT molecular complexity index is 537. The first-order valence-corrected chi connectivity index (χ1v) is 7.81. The minimum absolute atomic E-state index is 0. The lowest BCUT2D eigenvalue weighted by Gasteiger charge is -2.20. The van der Waals surface area contributed by atoms with E-state index in [-0.39, 0.29) is 36.8 Å². The highest BCUT2D eigenvalue weighted by atomic mass is 35.5. The fourth-order valence-corrected chi connectivity index (χ4v) is 2.79. The van der Waals surface area contributed by atoms with Gasteiger partial charge in [-0.25, -0.2) is 0 Å². The van der Waals surface area contributed by atoms with Crippen LogP contribution in [0.1, 0.15) is 30.4 Å². The molecule has 0 radical (unpaired) electrons. The number of likely N-dealkylation sites (N-methyl/N-ethyl adjacent to an activating group) is 1. The van der Waals surface area contributed by atoms with Gasteiger partial charge in [0.1, 0.15) is 0 Å². The molecule has 0 aliphatic carbocycles. The van der Waals surface area contributed by atoms with Gasteiger partial charge in [-0.3, -0.25) is 9.59 Å². The van der Waals surface area contributed by atoms with E-state index in [1.54, 1.807) is 7.05 Å². The maximum Gasteiger partial charge on any atom is 0.243 e. The first-order chi connectivity index (χ1) is 10.5. The molecule has 0 spiro atoms. The molecular weight excluding hydrogens is 314 g/mol. The van der Waals surface area contributed by atoms with E-state index in [1.165, 1.54) is 4.90 Å². The average Bonchev–Trinajstić information content (AvgIpc) is 2.96. The number of carbonyl (C=O) groups excluding carboxylic acids is 2. The molecule has 23 heavy (non-hydrogen) atoms. The number of hydrogen-bond acceptors (Lipinski definition) is 3. The molecule has 1 atom stereocenters. The molecule has 1 aliphatic rings. The number of hydrogen-bond donors (Lipinski definition) is 2. The largest absolute Gasteiger partial charge is 0.336 e. The Morgan fingerprint density at radius 2 is 1.96 bits per heavy atom. The summed E-state index contributed by atoms with van der Waals surface area (Å²) in [6, 6.07) is 6.15. The van der Waals surface area contributed by atoms with Crippen LogP contribution in [0.15, 0.2) is 18.2 Å². The number of halogens is 1. The van der Waals surface area contributed by atoms with Crippen molar-refractivity contribution in [2.45, 2.75) is 39.2 Å². The van der Waals surface area contributed by atoms with Crippen LogP contribution in [0.2, 0.25) is 0 Å². The van der Waals surface area contributed by atoms with Gasteiger partial charge in [-0.2, -0.15) is 0 Å². The van der Waals surface area contributed by atoms with Crippen LogP contribution in [-0.2, 0) is 9.59 Å². The number of carbonyl (C=O) groups is 2. The fraction of sp³-hybridized carbons (Fsp3) is 0.529. The van der Waals surface area contributed by atoms with E-state index >= 15 is 0 Å². The molecular formula is C17H26ClN3O2. The standard InChI is InChI=1S/C17H25N3O2.ClH/c1-12-6-4-7-13(2)17(12)19-15(21)11-20(3)16(22)10-14-8-5-9-18-14;/h4,6-7,14,18H,5,8-11H2,1-3H3,(H,19,21);1H. The van der Waals surface area contributed by atoms with Crippen molar-refractivity contribution < 1.29 is 9.59 Å². The third-order valence-electron chi connectivity index (χ3n) is 4.14. The lowest BCUT2D eigenvalue weighted by molar-refractivity contribution is -0.133. The third-order valence-corrected chi connectivity index (χ3v) is 4.14. The van der Waals surface area contributed by atoms with Crippen molar-refractivity contribution in [1.82, 2.24) is 10.2 Å². The smallest absolute Gasteiger partial charge is 0.243 e. The third kappa shape index (κ3) is 5.52. The Morgan fingerprint density at radius 1 is 1.30 bits per heavy atom. The van der Waals surface area contributed by atoms with Gasteiger partial charge in [0.25, 0.3) is 0 Å². The first-order valence-electron chi connectivity index (χ1n) is 7.81. The van der Waals surface area contributed by atoms with Crippen LogP contribution in [0.4, 0.5) is 5.69 Å². The van der Waals surface area contributed by atoms with E-state index in [2.05, 4.69) is 10.6 Å². The summed E-state index contributed by atoms with van der Waals surface area (Å²) in [5.74, 6) is -0.149. The van der Waals surface area contributed by atoms with Crippen molar-refractivity contribution in [2.75, 3.05) is 25.5 Å². The summed E-state index contributed by atoms with van der Waals surface area (Å²) in [7, 11) is 1.68. The summed E-state index contributed by atoms with van der Waals surface area (Å²) in [5, 5.41) is 6.21. The monoisotopic (exact) mass is 339 g/mol. The SMILES string of the molecule is Cc1cccc(C)c1NC(=O)CN(C)C(=O)CC1CCCN1.Cl. The van der Waals surface area contributed by atoms with Gasteiger partial charge in [0.05, 0.1) is 6.54 Å². The summed E-state index contributed by atoms with van der Waals surface area (Å²) in [5.41, 5.74) is 2.89. The molecule has 0 bridgehead atoms. The molecule has 2 amide bonds. The van der Waals surface area contributed by atoms with Crippen molar-refractivity contribution >= 4 is 29.9 Å². The summed E-state index contributed by atoms with van der Waals surface area (Å²) in [6.07, 6.45) is 2.62. The van der Waals surface area contributed by atoms with Gasteiger partial charge in [0, 0.05) is 25.2 Å². The molecule has 6 heteroatoms. The normalized spacial score (nSPS) is 16.6. The van der Waals surface area contributed by atoms with Gasteiger partial charge in [0.2, 0.25) is 11.8 Å². The van der Waals surface area contributed by atoms with Gasteiger partial charge < -0.3 is 15.5 Å². The number of nitrogens with one attached hydrogen (secondary N) is 2. The highest BCUT2D eigenvalue weighted by Crippen LogP contribution is 2.19. The lowest BCUT2D eigenvalue weighted by atomic mass is 10.1. The minimum atomic E-state index is -0.160. The fourth-order valence-electron chi connectivity index (χ4n) is 2.79. The zero-order chi connectivity index (χ0) is 16.1. The molecule has 128 valence electrons. The van der Waals surface area contributed by atoms with E-state index in [0.29, 0.717) is 6.42 Å². The van der Waals surface area contributed by atoms with Crippen LogP contribution in [0.25, 0.3) is 0 Å². The van der Waals surface area contributed by atoms with Crippen LogP contribution in [-0.4, -0.2) is 42.9 Å². The highest BCUT2D eigenvalue weighted by molar-refractivity contribution is 5.95. The minimum Gasteiger partial charge on any atom is -0.336 e. The van der Waals surface area contributed by atoms with E-state index in [0.717, 1.165) is 36.2 Å². The van der Waals surface area contributed by atoms with Crippen molar-refractivity contribution in [1.29, 1.82) is 0 Å². The van der Waals surface area contributed by atoms with Gasteiger partial charge in [-0.05, 0) is 44.4 Å². The van der Waals surface area contributed by atoms with E-state index < -0.39 is 0 Å². The molecule has 1 unspecified atom stereocenters. The van der Waals surface area contributed by atoms with E-state index in [9.17, 15) is 9.59 Å². The molecule has 1 aliphatic heterocycles. The molecule has 1 fully saturated rings. The Labute approximate surface area is 144 Å². The van der Waals surface area contributed by atoms with Crippen molar-refractivity contribution in [3.05, 3.63) is 29.3 Å². The predicted molar refractivity (Wildman–Crippen MR) is 95.1 cm³/mol. The van der Waals surface area contributed by atoms with Gasteiger partial charge in [-0.1, -0.05) is 18.2 Å². The maximum absolute atomic E-state index is 12.1. The van der Waals surface area contributed by atoms with Crippen molar-refractivity contribution in [3.8, 4) is 0 Å². The number of rotatable bonds is 5. The van der Waals surface area contributed by atoms with Crippen LogP contribution < -0.4 is 10.6 Å². The van der Waals surface area contributed by atoms with Gasteiger partial charge in [-0.15, -0.1) is 12.4 Å². The second kappa shape index (κ2) is 8.89. The zero-order valence-corrected chi connectivity index (χ0v) is 14.8. The Kier molecular flexibility index (Phi) is 7.52. The number of para-hydroxylation sites is 1. The van der Waals surface area contributed by atoms with Crippen LogP contribution >= 0.6 is 12.4 Å². The Balaban J connectivity index is 0.00000264. The molecule has 1 saturated heterocycles. The number of benzene rings is 1. The number of amides is 2. The zero-order valence-electron chi connectivity index (χ0n) is 14.0. The lowest BCUT2D eigenvalue weighted by Crippen LogP contribution is -2.38. The molecule has 1 aromatic rings. The van der Waals surface area contributed by atoms with Crippen LogP contribution in [0.3, 0.4) is 0 Å². The first kappa shape index (κ1) is 19.5. The number of nitrogens with zero attached hydrogens (tertiary/aromatic N) is 1. The number of anilines is 1.